The third-order valence-electron chi connectivity index (χ3n) is 4.98. The van der Waals surface area contributed by atoms with Crippen LogP contribution in [0.5, 0.6) is 0 Å². The summed E-state index contributed by atoms with van der Waals surface area (Å²) in [5.41, 5.74) is 1.08. The Kier molecular flexibility index (Phi) is 6.38. The minimum absolute atomic E-state index is 0.0227. The van der Waals surface area contributed by atoms with Crippen LogP contribution in [0.2, 0.25) is 0 Å². The number of carbonyl (C=O) groups is 1. The predicted molar refractivity (Wildman–Crippen MR) is 111 cm³/mol. The average Bonchev–Trinajstić information content (AvgIpc) is 3.44. The van der Waals surface area contributed by atoms with Crippen molar-refractivity contribution in [3.8, 4) is 0 Å². The first-order valence-electron chi connectivity index (χ1n) is 9.59. The van der Waals surface area contributed by atoms with Gasteiger partial charge in [0.1, 0.15) is 0 Å². The van der Waals surface area contributed by atoms with Gasteiger partial charge in [-0.3, -0.25) is 4.79 Å². The van der Waals surface area contributed by atoms with E-state index in [2.05, 4.69) is 26.9 Å². The third kappa shape index (κ3) is 4.62. The number of thiophene rings is 1. The molecule has 2 heterocycles. The van der Waals surface area contributed by atoms with Crippen molar-refractivity contribution in [2.75, 3.05) is 5.75 Å². The van der Waals surface area contributed by atoms with Gasteiger partial charge in [-0.1, -0.05) is 67.4 Å². The van der Waals surface area contributed by atoms with Gasteiger partial charge < -0.3 is 5.32 Å². The molecule has 1 aliphatic carbocycles. The number of amides is 1. The van der Waals surface area contributed by atoms with Gasteiger partial charge in [-0.2, -0.15) is 0 Å². The van der Waals surface area contributed by atoms with E-state index >= 15 is 0 Å². The van der Waals surface area contributed by atoms with Crippen LogP contribution in [0.15, 0.2) is 53.0 Å². The molecule has 0 aliphatic heterocycles. The molecule has 6 nitrogen and oxygen atoms in total. The molecule has 0 radical (unpaired) electrons. The van der Waals surface area contributed by atoms with E-state index < -0.39 is 0 Å². The second-order valence-corrected chi connectivity index (χ2v) is 8.83. The lowest BCUT2D eigenvalue weighted by atomic mass is 9.96. The lowest BCUT2D eigenvalue weighted by molar-refractivity contribution is -0.119. The molecule has 1 N–H and O–H groups in total. The minimum atomic E-state index is -0.136. The number of tetrazole rings is 1. The molecule has 3 aromatic rings. The smallest absolute Gasteiger partial charge is 0.231 e. The minimum Gasteiger partial charge on any atom is -0.344 e. The van der Waals surface area contributed by atoms with Crippen molar-refractivity contribution in [3.05, 3.63) is 58.3 Å². The van der Waals surface area contributed by atoms with Gasteiger partial charge in [0, 0.05) is 4.88 Å². The summed E-state index contributed by atoms with van der Waals surface area (Å²) in [5.74, 6) is 0.271. The van der Waals surface area contributed by atoms with Crippen molar-refractivity contribution in [3.63, 3.8) is 0 Å². The molecular weight excluding hydrogens is 390 g/mol. The molecule has 2 aromatic heterocycles. The molecule has 1 amide bonds. The van der Waals surface area contributed by atoms with E-state index in [1.807, 2.05) is 46.5 Å². The molecule has 1 fully saturated rings. The van der Waals surface area contributed by atoms with E-state index in [-0.39, 0.29) is 11.9 Å². The van der Waals surface area contributed by atoms with Crippen LogP contribution in [0.3, 0.4) is 0 Å². The van der Waals surface area contributed by atoms with Gasteiger partial charge in [0.2, 0.25) is 11.1 Å². The number of rotatable bonds is 7. The van der Waals surface area contributed by atoms with E-state index in [1.54, 1.807) is 11.3 Å². The number of carbonyl (C=O) groups excluding carboxylic acids is 1. The van der Waals surface area contributed by atoms with Gasteiger partial charge in [0.15, 0.2) is 0 Å². The molecule has 0 unspecified atom stereocenters. The lowest BCUT2D eigenvalue weighted by Gasteiger charge is -2.22. The number of thioether (sulfide) groups is 1. The molecule has 8 heteroatoms. The van der Waals surface area contributed by atoms with Crippen molar-refractivity contribution in [2.24, 2.45) is 0 Å². The molecule has 146 valence electrons. The number of benzene rings is 1. The highest BCUT2D eigenvalue weighted by Gasteiger charge is 2.22. The zero-order chi connectivity index (χ0) is 19.2. The highest BCUT2D eigenvalue weighted by molar-refractivity contribution is 7.99. The maximum absolute atomic E-state index is 12.7. The van der Waals surface area contributed by atoms with Crippen LogP contribution >= 0.6 is 23.1 Å². The average molecular weight is 414 g/mol. The summed E-state index contributed by atoms with van der Waals surface area (Å²) in [6.07, 6.45) is 5.94. The number of hydrogen-bond acceptors (Lipinski definition) is 6. The van der Waals surface area contributed by atoms with E-state index in [0.29, 0.717) is 11.8 Å². The van der Waals surface area contributed by atoms with Crippen LogP contribution in [0.25, 0.3) is 0 Å². The number of nitrogens with zero attached hydrogens (tertiary/aromatic N) is 4. The van der Waals surface area contributed by atoms with E-state index in [9.17, 15) is 4.79 Å². The van der Waals surface area contributed by atoms with Crippen LogP contribution in [0, 0.1) is 0 Å². The van der Waals surface area contributed by atoms with Crippen molar-refractivity contribution < 1.29 is 4.79 Å². The van der Waals surface area contributed by atoms with Gasteiger partial charge in [0.05, 0.1) is 17.8 Å². The molecular formula is C20H23N5OS2. The van der Waals surface area contributed by atoms with Crippen LogP contribution in [-0.4, -0.2) is 31.9 Å². The van der Waals surface area contributed by atoms with Crippen LogP contribution in [0.1, 0.15) is 54.6 Å². The summed E-state index contributed by atoms with van der Waals surface area (Å²) in [7, 11) is 0. The first kappa shape index (κ1) is 19.1. The van der Waals surface area contributed by atoms with Gasteiger partial charge in [-0.25, -0.2) is 4.68 Å². The van der Waals surface area contributed by atoms with Gasteiger partial charge >= 0.3 is 0 Å². The van der Waals surface area contributed by atoms with Crippen LogP contribution < -0.4 is 5.32 Å². The molecule has 1 saturated carbocycles. The quantitative estimate of drug-likeness (QED) is 0.587. The van der Waals surface area contributed by atoms with E-state index in [0.717, 1.165) is 28.4 Å². The van der Waals surface area contributed by atoms with Crippen molar-refractivity contribution in [1.82, 2.24) is 25.5 Å². The monoisotopic (exact) mass is 413 g/mol. The molecule has 4 rings (SSSR count). The first-order chi connectivity index (χ1) is 13.8. The molecule has 0 spiro atoms. The molecule has 0 bridgehead atoms. The summed E-state index contributed by atoms with van der Waals surface area (Å²) in [6, 6.07) is 14.3. The Morgan fingerprint density at radius 2 is 2.00 bits per heavy atom. The summed E-state index contributed by atoms with van der Waals surface area (Å²) in [4.78, 5) is 13.8. The Labute approximate surface area is 172 Å². The van der Waals surface area contributed by atoms with Gasteiger partial charge in [0.25, 0.3) is 0 Å². The summed E-state index contributed by atoms with van der Waals surface area (Å²) in [5, 5.41) is 18.1. The molecule has 1 atom stereocenters. The fraction of sp³-hybridized carbons (Fsp3) is 0.400. The Hall–Kier alpha value is -2.19. The van der Waals surface area contributed by atoms with Crippen molar-refractivity contribution in [1.29, 1.82) is 0 Å². The topological polar surface area (TPSA) is 72.7 Å². The Morgan fingerprint density at radius 3 is 2.75 bits per heavy atom. The largest absolute Gasteiger partial charge is 0.344 e. The highest BCUT2D eigenvalue weighted by Crippen LogP contribution is 2.30. The second kappa shape index (κ2) is 9.34. The molecule has 28 heavy (non-hydrogen) atoms. The third-order valence-corrected chi connectivity index (χ3v) is 6.85. The fourth-order valence-electron chi connectivity index (χ4n) is 3.59. The first-order valence-corrected chi connectivity index (χ1v) is 11.5. The lowest BCUT2D eigenvalue weighted by Crippen LogP contribution is -2.30. The standard InChI is InChI=1S/C20H23N5OS2/c26-18(14-28-20-22-23-24-25(20)16-10-5-2-6-11-16)21-19(17-12-7-13-27-17)15-8-3-1-4-9-15/h1,3-4,7-9,12-13,16,19H,2,5-6,10-11,14H2,(H,21,26)/t19-/m0/s1. The zero-order valence-electron chi connectivity index (χ0n) is 15.5. The van der Waals surface area contributed by atoms with Crippen molar-refractivity contribution in [2.45, 2.75) is 49.3 Å². The summed E-state index contributed by atoms with van der Waals surface area (Å²) in [6.45, 7) is 0. The predicted octanol–water partition coefficient (Wildman–Crippen LogP) is 4.24. The molecule has 1 aromatic carbocycles. The molecule has 1 aliphatic rings. The zero-order valence-corrected chi connectivity index (χ0v) is 17.2. The van der Waals surface area contributed by atoms with Crippen LogP contribution in [0.4, 0.5) is 0 Å². The fourth-order valence-corrected chi connectivity index (χ4v) is 5.15. The van der Waals surface area contributed by atoms with E-state index in [4.69, 9.17) is 0 Å². The summed E-state index contributed by atoms with van der Waals surface area (Å²) >= 11 is 3.06. The SMILES string of the molecule is O=C(CSc1nnnn1C1CCCCC1)N[C@@H](c1ccccc1)c1cccs1. The van der Waals surface area contributed by atoms with Crippen molar-refractivity contribution >= 4 is 29.0 Å². The van der Waals surface area contributed by atoms with Crippen LogP contribution in [-0.2, 0) is 4.79 Å². The maximum atomic E-state index is 12.7. The summed E-state index contributed by atoms with van der Waals surface area (Å²) < 4.78 is 1.91. The Bertz CT molecular complexity index is 875. The second-order valence-electron chi connectivity index (χ2n) is 6.91. The van der Waals surface area contributed by atoms with Gasteiger partial charge in [-0.05, 0) is 40.3 Å². The number of hydrogen-bond donors (Lipinski definition) is 1. The Balaban J connectivity index is 1.40. The number of aromatic nitrogens is 4. The van der Waals surface area contributed by atoms with Gasteiger partial charge in [-0.15, -0.1) is 16.4 Å². The normalized spacial score (nSPS) is 16.0. The highest BCUT2D eigenvalue weighted by atomic mass is 32.2. The maximum Gasteiger partial charge on any atom is 0.231 e. The van der Waals surface area contributed by atoms with E-state index in [1.165, 1.54) is 31.0 Å². The Morgan fingerprint density at radius 1 is 1.18 bits per heavy atom. The number of nitrogens with one attached hydrogen (secondary N) is 1. The molecule has 0 saturated heterocycles.